The van der Waals surface area contributed by atoms with Crippen molar-refractivity contribution in [1.29, 1.82) is 0 Å². The van der Waals surface area contributed by atoms with Gasteiger partial charge in [-0.25, -0.2) is 4.98 Å². The van der Waals surface area contributed by atoms with Gasteiger partial charge < -0.3 is 14.6 Å². The number of likely N-dealkylation sites (N-methyl/N-ethyl adjacent to an activating group) is 1. The van der Waals surface area contributed by atoms with Crippen LogP contribution in [0, 0.1) is 5.41 Å². The first kappa shape index (κ1) is 14.5. The Morgan fingerprint density at radius 1 is 1.32 bits per heavy atom. The predicted octanol–water partition coefficient (Wildman–Crippen LogP) is 2.67. The maximum atomic E-state index is 5.99. The number of imidazole rings is 1. The van der Waals surface area contributed by atoms with Gasteiger partial charge in [-0.3, -0.25) is 0 Å². The van der Waals surface area contributed by atoms with Crippen LogP contribution in [0.15, 0.2) is 12.4 Å². The van der Waals surface area contributed by atoms with E-state index >= 15 is 0 Å². The molecule has 0 bridgehead atoms. The van der Waals surface area contributed by atoms with Crippen molar-refractivity contribution in [1.82, 2.24) is 14.9 Å². The average Bonchev–Trinajstić information content (AvgIpc) is 2.79. The standard InChI is InChI=1S/C15H27N3O/c1-14(2)6-8-15(19-5,9-7-14)12(16-3)13-17-10-11-18(13)4/h10-12,16H,6-9H2,1-5H3. The zero-order valence-corrected chi connectivity index (χ0v) is 12.9. The highest BCUT2D eigenvalue weighted by atomic mass is 16.5. The van der Waals surface area contributed by atoms with Crippen molar-refractivity contribution in [2.24, 2.45) is 12.5 Å². The van der Waals surface area contributed by atoms with E-state index in [1.807, 2.05) is 33.6 Å². The van der Waals surface area contributed by atoms with Gasteiger partial charge in [-0.1, -0.05) is 13.8 Å². The Morgan fingerprint density at radius 2 is 1.95 bits per heavy atom. The monoisotopic (exact) mass is 265 g/mol. The molecule has 2 rings (SSSR count). The van der Waals surface area contributed by atoms with Crippen LogP contribution in [0.5, 0.6) is 0 Å². The van der Waals surface area contributed by atoms with E-state index in [1.54, 1.807) is 0 Å². The quantitative estimate of drug-likeness (QED) is 0.909. The van der Waals surface area contributed by atoms with Gasteiger partial charge in [0, 0.05) is 26.6 Å². The van der Waals surface area contributed by atoms with Crippen LogP contribution in [0.1, 0.15) is 51.4 Å². The van der Waals surface area contributed by atoms with Gasteiger partial charge in [0.15, 0.2) is 0 Å². The minimum atomic E-state index is -0.136. The molecule has 0 amide bonds. The second kappa shape index (κ2) is 5.25. The third-order valence-electron chi connectivity index (χ3n) is 4.79. The molecule has 0 aromatic carbocycles. The predicted molar refractivity (Wildman–Crippen MR) is 77.0 cm³/mol. The third-order valence-corrected chi connectivity index (χ3v) is 4.79. The molecule has 4 heteroatoms. The van der Waals surface area contributed by atoms with Crippen LogP contribution >= 0.6 is 0 Å². The fraction of sp³-hybridized carbons (Fsp3) is 0.800. The molecule has 108 valence electrons. The van der Waals surface area contributed by atoms with Gasteiger partial charge in [-0.15, -0.1) is 0 Å². The molecule has 1 N–H and O–H groups in total. The van der Waals surface area contributed by atoms with Gasteiger partial charge in [-0.05, 0) is 38.1 Å². The van der Waals surface area contributed by atoms with Gasteiger partial charge in [0.25, 0.3) is 0 Å². The summed E-state index contributed by atoms with van der Waals surface area (Å²) in [6.45, 7) is 4.70. The number of methoxy groups -OCH3 is 1. The molecule has 1 fully saturated rings. The topological polar surface area (TPSA) is 39.1 Å². The van der Waals surface area contributed by atoms with Crippen molar-refractivity contribution >= 4 is 0 Å². The van der Waals surface area contributed by atoms with Crippen molar-refractivity contribution in [3.8, 4) is 0 Å². The molecule has 1 aromatic rings. The SMILES string of the molecule is CNC(c1nccn1C)C1(OC)CCC(C)(C)CC1. The Bertz CT molecular complexity index is 415. The lowest BCUT2D eigenvalue weighted by Crippen LogP contribution is -2.49. The normalized spacial score (nSPS) is 23.2. The van der Waals surface area contributed by atoms with Crippen molar-refractivity contribution in [2.75, 3.05) is 14.2 Å². The lowest BCUT2D eigenvalue weighted by Gasteiger charge is -2.46. The van der Waals surface area contributed by atoms with Crippen LogP contribution in [0.25, 0.3) is 0 Å². The molecule has 1 saturated carbocycles. The van der Waals surface area contributed by atoms with E-state index in [4.69, 9.17) is 4.74 Å². The number of aromatic nitrogens is 2. The molecule has 0 aliphatic heterocycles. The van der Waals surface area contributed by atoms with Crippen molar-refractivity contribution < 1.29 is 4.74 Å². The molecule has 1 aromatic heterocycles. The minimum Gasteiger partial charge on any atom is -0.376 e. The Morgan fingerprint density at radius 3 is 2.37 bits per heavy atom. The van der Waals surface area contributed by atoms with Crippen molar-refractivity contribution in [3.63, 3.8) is 0 Å². The molecule has 4 nitrogen and oxygen atoms in total. The van der Waals surface area contributed by atoms with Crippen molar-refractivity contribution in [2.45, 2.75) is 51.2 Å². The highest BCUT2D eigenvalue weighted by molar-refractivity contribution is 5.09. The number of aryl methyl sites for hydroxylation is 1. The smallest absolute Gasteiger partial charge is 0.128 e. The van der Waals surface area contributed by atoms with Gasteiger partial charge in [0.2, 0.25) is 0 Å². The van der Waals surface area contributed by atoms with Crippen molar-refractivity contribution in [3.05, 3.63) is 18.2 Å². The third kappa shape index (κ3) is 2.70. The summed E-state index contributed by atoms with van der Waals surface area (Å²) in [6, 6.07) is 0.147. The van der Waals surface area contributed by atoms with Gasteiger partial charge in [-0.2, -0.15) is 0 Å². The molecule has 0 spiro atoms. The van der Waals surface area contributed by atoms with Gasteiger partial charge in [0.1, 0.15) is 5.82 Å². The Hall–Kier alpha value is -0.870. The first-order valence-corrected chi connectivity index (χ1v) is 7.14. The number of hydrogen-bond donors (Lipinski definition) is 1. The van der Waals surface area contributed by atoms with Crippen LogP contribution in [0.3, 0.4) is 0 Å². The summed E-state index contributed by atoms with van der Waals surface area (Å²) in [7, 11) is 5.88. The number of hydrogen-bond acceptors (Lipinski definition) is 3. The molecule has 1 aliphatic rings. The fourth-order valence-electron chi connectivity index (χ4n) is 3.24. The first-order valence-electron chi connectivity index (χ1n) is 7.14. The summed E-state index contributed by atoms with van der Waals surface area (Å²) in [5.41, 5.74) is 0.297. The number of nitrogens with one attached hydrogen (secondary N) is 1. The fourth-order valence-corrected chi connectivity index (χ4v) is 3.24. The van der Waals surface area contributed by atoms with E-state index in [2.05, 4.69) is 28.7 Å². The van der Waals surface area contributed by atoms with Crippen LogP contribution in [-0.2, 0) is 11.8 Å². The molecule has 19 heavy (non-hydrogen) atoms. The highest BCUT2D eigenvalue weighted by Gasteiger charge is 2.45. The minimum absolute atomic E-state index is 0.136. The zero-order chi connectivity index (χ0) is 14.1. The largest absolute Gasteiger partial charge is 0.376 e. The first-order chi connectivity index (χ1) is 8.94. The molecule has 1 atom stereocenters. The molecule has 1 heterocycles. The Kier molecular flexibility index (Phi) is 4.02. The van der Waals surface area contributed by atoms with E-state index < -0.39 is 0 Å². The lowest BCUT2D eigenvalue weighted by molar-refractivity contribution is -0.0884. The molecule has 0 radical (unpaired) electrons. The summed E-state index contributed by atoms with van der Waals surface area (Å²) in [5, 5.41) is 3.43. The summed E-state index contributed by atoms with van der Waals surface area (Å²) in [4.78, 5) is 4.51. The Labute approximate surface area is 116 Å². The van der Waals surface area contributed by atoms with E-state index in [9.17, 15) is 0 Å². The van der Waals surface area contributed by atoms with Crippen LogP contribution in [-0.4, -0.2) is 29.3 Å². The van der Waals surface area contributed by atoms with Crippen LogP contribution in [0.2, 0.25) is 0 Å². The Balaban J connectivity index is 2.27. The summed E-state index contributed by atoms with van der Waals surface area (Å²) in [6.07, 6.45) is 8.40. The second-order valence-corrected chi connectivity index (χ2v) is 6.55. The average molecular weight is 265 g/mol. The molecular formula is C15H27N3O. The van der Waals surface area contributed by atoms with Crippen LogP contribution < -0.4 is 5.32 Å². The number of rotatable bonds is 4. The summed E-state index contributed by atoms with van der Waals surface area (Å²) >= 11 is 0. The molecule has 0 saturated heterocycles. The number of nitrogens with zero attached hydrogens (tertiary/aromatic N) is 2. The summed E-state index contributed by atoms with van der Waals surface area (Å²) in [5.74, 6) is 1.06. The van der Waals surface area contributed by atoms with Crippen LogP contribution in [0.4, 0.5) is 0 Å². The maximum Gasteiger partial charge on any atom is 0.128 e. The lowest BCUT2D eigenvalue weighted by atomic mass is 9.68. The van der Waals surface area contributed by atoms with E-state index in [0.717, 1.165) is 18.7 Å². The van der Waals surface area contributed by atoms with E-state index in [0.29, 0.717) is 5.41 Å². The summed E-state index contributed by atoms with van der Waals surface area (Å²) < 4.78 is 8.07. The number of ether oxygens (including phenoxy) is 1. The van der Waals surface area contributed by atoms with Gasteiger partial charge in [0.05, 0.1) is 11.6 Å². The zero-order valence-electron chi connectivity index (χ0n) is 12.9. The molecule has 1 unspecified atom stereocenters. The van der Waals surface area contributed by atoms with E-state index in [-0.39, 0.29) is 11.6 Å². The second-order valence-electron chi connectivity index (χ2n) is 6.55. The van der Waals surface area contributed by atoms with Gasteiger partial charge >= 0.3 is 0 Å². The molecule has 1 aliphatic carbocycles. The highest BCUT2D eigenvalue weighted by Crippen LogP contribution is 2.46. The maximum absolute atomic E-state index is 5.99. The van der Waals surface area contributed by atoms with E-state index in [1.165, 1.54) is 12.8 Å². The molecular weight excluding hydrogens is 238 g/mol.